The molecule has 5 aliphatic rings. The molecule has 0 aliphatic carbocycles. The van der Waals surface area contributed by atoms with Gasteiger partial charge in [-0.2, -0.15) is 0 Å². The third kappa shape index (κ3) is 17.9. The number of methoxy groups -OCH3 is 2. The number of aliphatic imine (C=N–C) groups is 1. The molecule has 93 heavy (non-hydrogen) atoms. The molecule has 2 radical (unpaired) electrons. The molecule has 496 valence electrons. The minimum atomic E-state index is -1.56. The van der Waals surface area contributed by atoms with Crippen LogP contribution < -0.4 is 50.8 Å². The summed E-state index contributed by atoms with van der Waals surface area (Å²) in [5.41, 5.74) is 8.78. The predicted octanol–water partition coefficient (Wildman–Crippen LogP) is 6.92. The van der Waals surface area contributed by atoms with Crippen LogP contribution in [0.15, 0.2) is 88.8 Å². The Balaban J connectivity index is 0.848. The van der Waals surface area contributed by atoms with Crippen molar-refractivity contribution in [2.24, 2.45) is 16.6 Å². The first-order chi connectivity index (χ1) is 44.4. The van der Waals surface area contributed by atoms with Gasteiger partial charge in [0.25, 0.3) is 23.6 Å². The van der Waals surface area contributed by atoms with Gasteiger partial charge in [0.15, 0.2) is 29.2 Å². The molecule has 5 aliphatic heterocycles. The number of carbonyl (C=O) groups excluding carboxylic acids is 9. The smallest absolute Gasteiger partial charge is 0.416 e. The molecular weight excluding hydrogens is 1230 g/mol. The van der Waals surface area contributed by atoms with Crippen LogP contribution in [0.1, 0.15) is 131 Å². The molecule has 3 aromatic rings. The molecule has 3 aromatic carbocycles. The van der Waals surface area contributed by atoms with Gasteiger partial charge in [-0.3, -0.25) is 43.5 Å². The average Bonchev–Trinajstić information content (AvgIpc) is 1.43. The summed E-state index contributed by atoms with van der Waals surface area (Å²) in [7, 11) is 2.94. The first-order valence-corrected chi connectivity index (χ1v) is 32.7. The van der Waals surface area contributed by atoms with Crippen LogP contribution in [0.3, 0.4) is 0 Å². The SMILES string of the molecule is C=C1C[C@H]2C=Nc3cc(OCCCCCOc4cc5c(cc4OC)C(=O)N4CC(=C)C[C@H]4[C@H](O)N5C(=O)OCc4ccc(NC(=O)[C@H](CCCNC(N)=O)NC(=O)[C@@H](NC(=O)CCCCCN5C(=O)C=C(S[C](C)([Al])CC)C5=O)C(C)C)cc4)c(OC)cc3C(=O)N2C1. The molecule has 0 aromatic heterocycles. The number of nitrogens with zero attached hydrogens (tertiary/aromatic N) is 5. The number of unbranched alkanes of at least 4 members (excludes halogenated alkanes) is 4. The number of urea groups is 1. The lowest BCUT2D eigenvalue weighted by Gasteiger charge is -2.31. The number of aliphatic hydroxyl groups is 1. The molecule has 25 nitrogen and oxygen atoms in total. The summed E-state index contributed by atoms with van der Waals surface area (Å²) in [6.45, 7) is 16.8. The number of imide groups is 1. The zero-order valence-corrected chi connectivity index (χ0v) is 55.5. The maximum atomic E-state index is 14.3. The van der Waals surface area contributed by atoms with Gasteiger partial charge in [0.2, 0.25) is 17.7 Å². The van der Waals surface area contributed by atoms with Gasteiger partial charge in [-0.15, -0.1) is 11.8 Å². The zero-order chi connectivity index (χ0) is 67.3. The van der Waals surface area contributed by atoms with Crippen molar-refractivity contribution in [3.63, 3.8) is 0 Å². The van der Waals surface area contributed by atoms with Gasteiger partial charge in [-0.25, -0.2) is 14.5 Å². The van der Waals surface area contributed by atoms with Gasteiger partial charge in [0.05, 0.1) is 66.9 Å². The van der Waals surface area contributed by atoms with Gasteiger partial charge in [0.1, 0.15) is 35.0 Å². The maximum absolute atomic E-state index is 14.3. The van der Waals surface area contributed by atoms with Crippen molar-refractivity contribution in [3.05, 3.63) is 101 Å². The van der Waals surface area contributed by atoms with E-state index in [1.807, 2.05) is 13.8 Å². The first kappa shape index (κ1) is 70.5. The number of amides is 10. The summed E-state index contributed by atoms with van der Waals surface area (Å²) in [5.74, 6) is -1.95. The van der Waals surface area contributed by atoms with Crippen molar-refractivity contribution in [1.29, 1.82) is 0 Å². The number of carbonyl (C=O) groups is 9. The van der Waals surface area contributed by atoms with E-state index in [1.165, 1.54) is 54.0 Å². The van der Waals surface area contributed by atoms with Crippen molar-refractivity contribution >= 4 is 105 Å². The highest BCUT2D eigenvalue weighted by Gasteiger charge is 2.47. The fourth-order valence-electron chi connectivity index (χ4n) is 11.3. The van der Waals surface area contributed by atoms with E-state index in [0.29, 0.717) is 103 Å². The largest absolute Gasteiger partial charge is 0.493 e. The number of fused-ring (bicyclic) bond motifs is 4. The van der Waals surface area contributed by atoms with Crippen LogP contribution in [-0.4, -0.2) is 183 Å². The molecule has 5 heterocycles. The second kappa shape index (κ2) is 32.0. The second-order valence-electron chi connectivity index (χ2n) is 24.2. The fraction of sp³-hybridized carbons (Fsp3) is 0.485. The second-order valence-corrected chi connectivity index (χ2v) is 27.4. The molecule has 0 saturated carbocycles. The number of primary amides is 1. The Labute approximate surface area is 554 Å². The van der Waals surface area contributed by atoms with Crippen molar-refractivity contribution in [2.45, 2.75) is 145 Å². The molecule has 0 bridgehead atoms. The number of thioether (sulfide) groups is 1. The van der Waals surface area contributed by atoms with E-state index in [4.69, 9.17) is 29.4 Å². The summed E-state index contributed by atoms with van der Waals surface area (Å²) in [5, 5.41) is 22.8. The predicted molar refractivity (Wildman–Crippen MR) is 351 cm³/mol. The van der Waals surface area contributed by atoms with Crippen LogP contribution in [0, 0.1) is 5.92 Å². The molecule has 1 unspecified atom stereocenters. The summed E-state index contributed by atoms with van der Waals surface area (Å²) >= 11 is 4.06. The van der Waals surface area contributed by atoms with E-state index in [0.717, 1.165) is 16.9 Å². The molecular formula is C66H83AlN10O15S. The van der Waals surface area contributed by atoms with E-state index < -0.39 is 60.1 Å². The zero-order valence-electron chi connectivity index (χ0n) is 53.5. The highest BCUT2D eigenvalue weighted by atomic mass is 32.2. The van der Waals surface area contributed by atoms with Crippen LogP contribution in [0.5, 0.6) is 23.0 Å². The van der Waals surface area contributed by atoms with Gasteiger partial charge in [-0.1, -0.05) is 80.6 Å². The summed E-state index contributed by atoms with van der Waals surface area (Å²) in [6.07, 6.45) is 6.03. The van der Waals surface area contributed by atoms with Gasteiger partial charge < -0.3 is 65.6 Å². The quantitative estimate of drug-likeness (QED) is 0.0165. The van der Waals surface area contributed by atoms with E-state index >= 15 is 0 Å². The van der Waals surface area contributed by atoms with E-state index in [9.17, 15) is 48.3 Å². The van der Waals surface area contributed by atoms with Gasteiger partial charge >= 0.3 is 12.1 Å². The van der Waals surface area contributed by atoms with E-state index in [-0.39, 0.29) is 115 Å². The lowest BCUT2D eigenvalue weighted by atomic mass is 10.0. The highest BCUT2D eigenvalue weighted by Crippen LogP contribution is 2.43. The molecule has 0 spiro atoms. The van der Waals surface area contributed by atoms with Gasteiger partial charge in [0, 0.05) is 62.7 Å². The van der Waals surface area contributed by atoms with Crippen LogP contribution in [-0.2, 0) is 35.3 Å². The number of ether oxygens (including phenoxy) is 5. The third-order valence-electron chi connectivity index (χ3n) is 16.6. The third-order valence-corrected chi connectivity index (χ3v) is 18.7. The van der Waals surface area contributed by atoms with Crippen molar-refractivity contribution in [3.8, 4) is 23.0 Å². The van der Waals surface area contributed by atoms with E-state index in [2.05, 4.69) is 55.7 Å². The average molecular weight is 1320 g/mol. The minimum absolute atomic E-state index is 0.0395. The molecule has 7 N–H and O–H groups in total. The Kier molecular flexibility index (Phi) is 24.2. The number of hydrogen-bond acceptors (Lipinski definition) is 17. The number of rotatable bonds is 31. The van der Waals surface area contributed by atoms with Gasteiger partial charge in [-0.05, 0) is 93.5 Å². The highest BCUT2D eigenvalue weighted by molar-refractivity contribution is 8.06. The standard InChI is InChI=1S/C66H83N10O15S.Al/c1-9-41(6)92-55-33-57(78)73(64(55)84)24-13-10-12-18-56(77)72-58(38(2)3)60(80)71-47(17-16-23-68-65(67)85)59(79)70-43-21-19-42(20-22-43)37-91-66(86)76-49-32-54(52(88-8)30-46(49)62(82)75-36-40(5)28-50(75)63(76)83)90-26-15-11-14-25-89-53-31-48-45(29-51(53)87-7)61(81)74-35-39(4)27-44(74)34-69-48;/h19-22,29-34,38,44,47,50,58,63,83H,4-5,9-18,23-28,35-37H2,1-3,6-8H3,(H,70,79)(H,71,80)(H,72,77)(H3,67,68,85);/t44-,47-,50-,58-,63-;/m0./s1. The number of hydrogen-bond donors (Lipinski definition) is 6. The number of benzene rings is 3. The lowest BCUT2D eigenvalue weighted by molar-refractivity contribution is -0.137. The molecule has 2 fully saturated rings. The Bertz CT molecular complexity index is 3430. The van der Waals surface area contributed by atoms with Crippen LogP contribution >= 0.6 is 11.8 Å². The normalized spacial score (nSPS) is 18.7. The van der Waals surface area contributed by atoms with Crippen LogP contribution in [0.25, 0.3) is 0 Å². The van der Waals surface area contributed by atoms with Crippen LogP contribution in [0.4, 0.5) is 26.7 Å². The molecule has 6 atom stereocenters. The number of nitrogens with two attached hydrogens (primary N) is 1. The maximum Gasteiger partial charge on any atom is 0.416 e. The number of aliphatic hydroxyl groups excluding tert-OH is 1. The number of anilines is 2. The Hall–Kier alpha value is -8.38. The fourth-order valence-corrected chi connectivity index (χ4v) is 12.7. The monoisotopic (exact) mass is 1310 g/mol. The van der Waals surface area contributed by atoms with Crippen molar-refractivity contribution < 1.29 is 71.9 Å². The van der Waals surface area contributed by atoms with E-state index in [1.54, 1.807) is 61.4 Å². The molecule has 2 saturated heterocycles. The van der Waals surface area contributed by atoms with Crippen LogP contribution in [0.2, 0.25) is 0 Å². The van der Waals surface area contributed by atoms with Crippen molar-refractivity contribution in [2.75, 3.05) is 63.8 Å². The summed E-state index contributed by atoms with van der Waals surface area (Å²) < 4.78 is 29.2. The Morgan fingerprint density at radius 3 is 2.12 bits per heavy atom. The topological polar surface area (TPSA) is 319 Å². The first-order valence-electron chi connectivity index (χ1n) is 31.3. The molecule has 27 heteroatoms. The Morgan fingerprint density at radius 2 is 1.45 bits per heavy atom. The number of nitrogens with one attached hydrogen (secondary N) is 4. The summed E-state index contributed by atoms with van der Waals surface area (Å²) in [6, 6.07) is 8.78. The summed E-state index contributed by atoms with van der Waals surface area (Å²) in [4.78, 5) is 131. The van der Waals surface area contributed by atoms with Crippen molar-refractivity contribution in [1.82, 2.24) is 30.7 Å². The molecule has 10 amide bonds. The molecule has 8 rings (SSSR count). The lowest BCUT2D eigenvalue weighted by Crippen LogP contribution is -2.54. The minimum Gasteiger partial charge on any atom is -0.493 e. The Morgan fingerprint density at radius 1 is 0.806 bits per heavy atom.